The van der Waals surface area contributed by atoms with Gasteiger partial charge in [-0.2, -0.15) is 5.10 Å². The number of carbonyl (C=O) groups is 1. The Hall–Kier alpha value is -1.59. The molecule has 2 rings (SSSR count). The van der Waals surface area contributed by atoms with Crippen molar-refractivity contribution in [2.45, 2.75) is 12.7 Å². The molecule has 0 bridgehead atoms. The number of thioether (sulfide) groups is 1. The monoisotopic (exact) mass is 376 g/mol. The van der Waals surface area contributed by atoms with E-state index in [-0.39, 0.29) is 5.91 Å². The summed E-state index contributed by atoms with van der Waals surface area (Å²) in [4.78, 5) is 11.8. The Labute approximate surface area is 143 Å². The largest absolute Gasteiger partial charge is 0.272 e. The van der Waals surface area contributed by atoms with E-state index < -0.39 is 0 Å². The van der Waals surface area contributed by atoms with Gasteiger partial charge in [-0.05, 0) is 30.2 Å². The highest BCUT2D eigenvalue weighted by Gasteiger charge is 2.02. The highest BCUT2D eigenvalue weighted by Crippen LogP contribution is 2.13. The fourth-order valence-electron chi connectivity index (χ4n) is 1.79. The molecule has 0 aliphatic carbocycles. The summed E-state index contributed by atoms with van der Waals surface area (Å²) in [5, 5.41) is 4.14. The predicted octanol–water partition coefficient (Wildman–Crippen LogP) is 4.22. The number of hydrogen-bond donors (Lipinski definition) is 1. The maximum atomic E-state index is 11.8. The van der Waals surface area contributed by atoms with Crippen LogP contribution in [0.5, 0.6) is 0 Å². The van der Waals surface area contributed by atoms with Gasteiger partial charge >= 0.3 is 0 Å². The summed E-state index contributed by atoms with van der Waals surface area (Å²) in [6.45, 7) is 1.87. The highest BCUT2D eigenvalue weighted by atomic mass is 79.9. The van der Waals surface area contributed by atoms with Crippen molar-refractivity contribution in [1.82, 2.24) is 5.43 Å². The van der Waals surface area contributed by atoms with Crippen molar-refractivity contribution >= 4 is 39.3 Å². The van der Waals surface area contributed by atoms with Gasteiger partial charge in [0.05, 0.1) is 11.5 Å². The van der Waals surface area contributed by atoms with E-state index in [4.69, 9.17) is 0 Å². The molecule has 0 saturated heterocycles. The molecule has 0 atom stereocenters. The van der Waals surface area contributed by atoms with Crippen LogP contribution in [0.15, 0.2) is 64.2 Å². The Morgan fingerprint density at radius 1 is 1.18 bits per heavy atom. The first-order chi connectivity index (χ1) is 10.6. The lowest BCUT2D eigenvalue weighted by Gasteiger charge is -2.04. The molecule has 5 heteroatoms. The van der Waals surface area contributed by atoms with Gasteiger partial charge in [-0.25, -0.2) is 5.43 Å². The number of benzene rings is 2. The van der Waals surface area contributed by atoms with Crippen LogP contribution in [0.3, 0.4) is 0 Å². The van der Waals surface area contributed by atoms with Crippen LogP contribution in [0, 0.1) is 0 Å². The predicted molar refractivity (Wildman–Crippen MR) is 97.1 cm³/mol. The van der Waals surface area contributed by atoms with Crippen molar-refractivity contribution in [2.24, 2.45) is 5.10 Å². The number of hydrazone groups is 1. The molecule has 0 unspecified atom stereocenters. The molecule has 0 aliphatic rings. The highest BCUT2D eigenvalue weighted by molar-refractivity contribution is 9.10. The topological polar surface area (TPSA) is 41.5 Å². The molecule has 2 aromatic rings. The van der Waals surface area contributed by atoms with Gasteiger partial charge in [-0.15, -0.1) is 11.8 Å². The Balaban J connectivity index is 1.78. The maximum absolute atomic E-state index is 11.8. The summed E-state index contributed by atoms with van der Waals surface area (Å²) in [6.07, 6.45) is 0. The SMILES string of the molecule is C/C(=N/NC(=O)CSCc1ccccc1)c1cccc(Br)c1. The lowest BCUT2D eigenvalue weighted by atomic mass is 10.1. The molecule has 1 N–H and O–H groups in total. The van der Waals surface area contributed by atoms with Gasteiger partial charge in [0.25, 0.3) is 0 Å². The number of amides is 1. The number of halogens is 1. The maximum Gasteiger partial charge on any atom is 0.250 e. The van der Waals surface area contributed by atoms with Gasteiger partial charge < -0.3 is 0 Å². The van der Waals surface area contributed by atoms with E-state index in [9.17, 15) is 4.79 Å². The molecule has 0 aromatic heterocycles. The average Bonchev–Trinajstić information content (AvgIpc) is 2.53. The summed E-state index contributed by atoms with van der Waals surface area (Å²) in [5.41, 5.74) is 5.57. The number of nitrogens with zero attached hydrogens (tertiary/aromatic N) is 1. The second-order valence-corrected chi connectivity index (χ2v) is 6.62. The number of carbonyl (C=O) groups excluding carboxylic acids is 1. The minimum absolute atomic E-state index is 0.0877. The van der Waals surface area contributed by atoms with Crippen molar-refractivity contribution in [1.29, 1.82) is 0 Å². The van der Waals surface area contributed by atoms with Gasteiger partial charge in [-0.1, -0.05) is 58.4 Å². The molecular formula is C17H17BrN2OS. The van der Waals surface area contributed by atoms with Gasteiger partial charge in [-0.3, -0.25) is 4.79 Å². The van der Waals surface area contributed by atoms with Crippen LogP contribution < -0.4 is 5.43 Å². The Morgan fingerprint density at radius 2 is 1.95 bits per heavy atom. The van der Waals surface area contributed by atoms with Crippen LogP contribution in [0.2, 0.25) is 0 Å². The normalized spacial score (nSPS) is 11.3. The molecule has 2 aromatic carbocycles. The van der Waals surface area contributed by atoms with Crippen LogP contribution in [0.25, 0.3) is 0 Å². The Morgan fingerprint density at radius 3 is 2.68 bits per heavy atom. The third-order valence-corrected chi connectivity index (χ3v) is 4.43. The van der Waals surface area contributed by atoms with Gasteiger partial charge in [0.15, 0.2) is 0 Å². The third kappa shape index (κ3) is 5.66. The first-order valence-corrected chi connectivity index (χ1v) is 8.80. The Bertz CT molecular complexity index is 659. The zero-order valence-electron chi connectivity index (χ0n) is 12.3. The van der Waals surface area contributed by atoms with Crippen LogP contribution in [0.4, 0.5) is 0 Å². The van der Waals surface area contributed by atoms with Crippen LogP contribution in [-0.4, -0.2) is 17.4 Å². The van der Waals surface area contributed by atoms with E-state index in [0.717, 1.165) is 21.5 Å². The number of hydrogen-bond acceptors (Lipinski definition) is 3. The van der Waals surface area contributed by atoms with E-state index in [1.165, 1.54) is 5.56 Å². The second-order valence-electron chi connectivity index (χ2n) is 4.72. The zero-order valence-corrected chi connectivity index (χ0v) is 14.7. The van der Waals surface area contributed by atoms with E-state index in [2.05, 4.69) is 38.6 Å². The lowest BCUT2D eigenvalue weighted by molar-refractivity contribution is -0.118. The number of rotatable bonds is 6. The number of nitrogens with one attached hydrogen (secondary N) is 1. The summed E-state index contributed by atoms with van der Waals surface area (Å²) in [6, 6.07) is 17.9. The molecule has 114 valence electrons. The quantitative estimate of drug-likeness (QED) is 0.605. The summed E-state index contributed by atoms with van der Waals surface area (Å²) >= 11 is 5.00. The van der Waals surface area contributed by atoms with Gasteiger partial charge in [0.2, 0.25) is 5.91 Å². The van der Waals surface area contributed by atoms with E-state index >= 15 is 0 Å². The molecular weight excluding hydrogens is 360 g/mol. The van der Waals surface area contributed by atoms with Gasteiger partial charge in [0, 0.05) is 10.2 Å². The van der Waals surface area contributed by atoms with Gasteiger partial charge in [0.1, 0.15) is 0 Å². The minimum atomic E-state index is -0.0877. The van der Waals surface area contributed by atoms with Crippen LogP contribution in [0.1, 0.15) is 18.1 Å². The fraction of sp³-hybridized carbons (Fsp3) is 0.176. The molecule has 1 amide bonds. The fourth-order valence-corrected chi connectivity index (χ4v) is 2.97. The molecule has 22 heavy (non-hydrogen) atoms. The summed E-state index contributed by atoms with van der Waals surface area (Å²) in [5.74, 6) is 1.13. The Kier molecular flexibility index (Phi) is 6.68. The first kappa shape index (κ1) is 16.8. The molecule has 0 spiro atoms. The summed E-state index contributed by atoms with van der Waals surface area (Å²) in [7, 11) is 0. The molecule has 0 heterocycles. The second kappa shape index (κ2) is 8.76. The van der Waals surface area contributed by atoms with E-state index in [1.54, 1.807) is 11.8 Å². The van der Waals surface area contributed by atoms with Crippen LogP contribution in [-0.2, 0) is 10.5 Å². The molecule has 3 nitrogen and oxygen atoms in total. The van der Waals surface area contributed by atoms with Crippen LogP contribution >= 0.6 is 27.7 Å². The van der Waals surface area contributed by atoms with E-state index in [0.29, 0.717) is 5.75 Å². The molecule has 0 radical (unpaired) electrons. The van der Waals surface area contributed by atoms with Crippen molar-refractivity contribution in [3.05, 3.63) is 70.2 Å². The van der Waals surface area contributed by atoms with Crippen molar-refractivity contribution in [2.75, 3.05) is 5.75 Å². The zero-order chi connectivity index (χ0) is 15.8. The third-order valence-electron chi connectivity index (χ3n) is 2.94. The van der Waals surface area contributed by atoms with Crippen molar-refractivity contribution < 1.29 is 4.79 Å². The average molecular weight is 377 g/mol. The minimum Gasteiger partial charge on any atom is -0.272 e. The molecule has 0 saturated carbocycles. The van der Waals surface area contributed by atoms with Crippen molar-refractivity contribution in [3.63, 3.8) is 0 Å². The van der Waals surface area contributed by atoms with E-state index in [1.807, 2.05) is 49.4 Å². The van der Waals surface area contributed by atoms with Crippen molar-refractivity contribution in [3.8, 4) is 0 Å². The molecule has 0 fully saturated rings. The smallest absolute Gasteiger partial charge is 0.250 e. The standard InChI is InChI=1S/C17H17BrN2OS/c1-13(15-8-5-9-16(18)10-15)19-20-17(21)12-22-11-14-6-3-2-4-7-14/h2-10H,11-12H2,1H3,(H,20,21)/b19-13-. The molecule has 0 aliphatic heterocycles. The first-order valence-electron chi connectivity index (χ1n) is 6.86. The lowest BCUT2D eigenvalue weighted by Crippen LogP contribution is -2.21. The summed E-state index contributed by atoms with van der Waals surface area (Å²) < 4.78 is 0.990.